The van der Waals surface area contributed by atoms with Crippen molar-refractivity contribution in [2.45, 2.75) is 13.8 Å². The van der Waals surface area contributed by atoms with Crippen molar-refractivity contribution in [2.75, 3.05) is 0 Å². The Kier molecular flexibility index (Phi) is 2.56. The monoisotopic (exact) mass is 219 g/mol. The van der Waals surface area contributed by atoms with Crippen LogP contribution in [0.4, 0.5) is 4.39 Å². The van der Waals surface area contributed by atoms with E-state index in [2.05, 4.69) is 5.16 Å². The minimum atomic E-state index is -0.326. The molecule has 0 saturated carbocycles. The summed E-state index contributed by atoms with van der Waals surface area (Å²) >= 11 is 0. The summed E-state index contributed by atoms with van der Waals surface area (Å²) < 4.78 is 17.7. The molecule has 0 unspecified atom stereocenters. The molecule has 0 saturated heterocycles. The molecule has 2 rings (SSSR count). The molecule has 4 heteroatoms. The van der Waals surface area contributed by atoms with Crippen LogP contribution in [0.25, 0.3) is 11.3 Å². The minimum Gasteiger partial charge on any atom is -0.360 e. The highest BCUT2D eigenvalue weighted by Crippen LogP contribution is 2.25. The Morgan fingerprint density at radius 3 is 2.50 bits per heavy atom. The standard InChI is InChI=1S/C12H10FNO2/c1-7(15)11-8(2)16-14-12(11)9-3-5-10(13)6-4-9/h3-6H,1-2H3. The molecular formula is C12H10FNO2. The molecule has 0 bridgehead atoms. The van der Waals surface area contributed by atoms with Gasteiger partial charge in [-0.2, -0.15) is 0 Å². The van der Waals surface area contributed by atoms with Crippen molar-refractivity contribution in [3.05, 3.63) is 41.4 Å². The van der Waals surface area contributed by atoms with Crippen LogP contribution in [0.1, 0.15) is 23.0 Å². The summed E-state index contributed by atoms with van der Waals surface area (Å²) in [5.41, 5.74) is 1.58. The van der Waals surface area contributed by atoms with E-state index >= 15 is 0 Å². The Morgan fingerprint density at radius 1 is 1.31 bits per heavy atom. The minimum absolute atomic E-state index is 0.113. The summed E-state index contributed by atoms with van der Waals surface area (Å²) in [7, 11) is 0. The molecule has 2 aromatic rings. The number of Topliss-reactive ketones (excluding diaryl/α,β-unsaturated/α-hetero) is 1. The van der Waals surface area contributed by atoms with Gasteiger partial charge in [-0.25, -0.2) is 4.39 Å². The van der Waals surface area contributed by atoms with Crippen LogP contribution in [0, 0.1) is 12.7 Å². The van der Waals surface area contributed by atoms with E-state index in [0.717, 1.165) is 0 Å². The average molecular weight is 219 g/mol. The van der Waals surface area contributed by atoms with Gasteiger partial charge < -0.3 is 4.52 Å². The summed E-state index contributed by atoms with van der Waals surface area (Å²) in [6.07, 6.45) is 0. The van der Waals surface area contributed by atoms with Crippen LogP contribution in [0.3, 0.4) is 0 Å². The smallest absolute Gasteiger partial charge is 0.165 e. The molecule has 1 aromatic heterocycles. The highest BCUT2D eigenvalue weighted by Gasteiger charge is 2.18. The molecule has 0 aliphatic carbocycles. The maximum absolute atomic E-state index is 12.8. The Balaban J connectivity index is 2.56. The van der Waals surface area contributed by atoms with Crippen molar-refractivity contribution in [1.82, 2.24) is 5.16 Å². The van der Waals surface area contributed by atoms with Gasteiger partial charge in [0.1, 0.15) is 17.3 Å². The van der Waals surface area contributed by atoms with Crippen molar-refractivity contribution in [2.24, 2.45) is 0 Å². The predicted molar refractivity (Wildman–Crippen MR) is 56.6 cm³/mol. The maximum atomic E-state index is 12.8. The van der Waals surface area contributed by atoms with Gasteiger partial charge in [-0.15, -0.1) is 0 Å². The van der Waals surface area contributed by atoms with E-state index in [0.29, 0.717) is 22.6 Å². The Labute approximate surface area is 91.9 Å². The van der Waals surface area contributed by atoms with E-state index in [-0.39, 0.29) is 11.6 Å². The first-order valence-corrected chi connectivity index (χ1v) is 4.82. The SMILES string of the molecule is CC(=O)c1c(-c2ccc(F)cc2)noc1C. The third kappa shape index (κ3) is 1.74. The molecule has 0 aliphatic rings. The lowest BCUT2D eigenvalue weighted by molar-refractivity contribution is 0.101. The fourth-order valence-electron chi connectivity index (χ4n) is 1.59. The number of benzene rings is 1. The number of hydrogen-bond acceptors (Lipinski definition) is 3. The lowest BCUT2D eigenvalue weighted by Gasteiger charge is -1.98. The van der Waals surface area contributed by atoms with E-state index < -0.39 is 0 Å². The van der Waals surface area contributed by atoms with Gasteiger partial charge in [0, 0.05) is 5.56 Å². The molecule has 0 aliphatic heterocycles. The summed E-state index contributed by atoms with van der Waals surface area (Å²) in [5, 5.41) is 3.82. The predicted octanol–water partition coefficient (Wildman–Crippen LogP) is 2.99. The Bertz CT molecular complexity index is 528. The number of carbonyl (C=O) groups excluding carboxylic acids is 1. The molecule has 3 nitrogen and oxygen atoms in total. The van der Waals surface area contributed by atoms with Crippen LogP contribution in [0.5, 0.6) is 0 Å². The number of aryl methyl sites for hydroxylation is 1. The van der Waals surface area contributed by atoms with E-state index in [9.17, 15) is 9.18 Å². The van der Waals surface area contributed by atoms with Crippen LogP contribution in [0.2, 0.25) is 0 Å². The van der Waals surface area contributed by atoms with E-state index in [4.69, 9.17) is 4.52 Å². The molecule has 1 heterocycles. The van der Waals surface area contributed by atoms with Crippen LogP contribution in [-0.4, -0.2) is 10.9 Å². The van der Waals surface area contributed by atoms with Gasteiger partial charge in [-0.1, -0.05) is 5.16 Å². The fraction of sp³-hybridized carbons (Fsp3) is 0.167. The molecule has 1 aromatic carbocycles. The quantitative estimate of drug-likeness (QED) is 0.729. The lowest BCUT2D eigenvalue weighted by atomic mass is 10.0. The first-order chi connectivity index (χ1) is 7.59. The van der Waals surface area contributed by atoms with E-state index in [1.807, 2.05) is 0 Å². The summed E-state index contributed by atoms with van der Waals surface area (Å²) in [6, 6.07) is 5.78. The second kappa shape index (κ2) is 3.89. The number of ketones is 1. The van der Waals surface area contributed by atoms with Crippen molar-refractivity contribution in [1.29, 1.82) is 0 Å². The van der Waals surface area contributed by atoms with Gasteiger partial charge in [-0.05, 0) is 38.1 Å². The van der Waals surface area contributed by atoms with Crippen LogP contribution in [0.15, 0.2) is 28.8 Å². The molecule has 0 amide bonds. The zero-order chi connectivity index (χ0) is 11.7. The number of halogens is 1. The molecule has 16 heavy (non-hydrogen) atoms. The average Bonchev–Trinajstić information content (AvgIpc) is 2.61. The summed E-state index contributed by atoms with van der Waals surface area (Å²) in [6.45, 7) is 3.13. The molecule has 0 fully saturated rings. The lowest BCUT2D eigenvalue weighted by Crippen LogP contribution is -1.95. The summed E-state index contributed by atoms with van der Waals surface area (Å²) in [4.78, 5) is 11.4. The largest absolute Gasteiger partial charge is 0.360 e. The number of carbonyl (C=O) groups is 1. The van der Waals surface area contributed by atoms with E-state index in [1.165, 1.54) is 19.1 Å². The van der Waals surface area contributed by atoms with Crippen LogP contribution < -0.4 is 0 Å². The Morgan fingerprint density at radius 2 is 1.94 bits per heavy atom. The summed E-state index contributed by atoms with van der Waals surface area (Å²) in [5.74, 6) is 0.0400. The molecule has 0 spiro atoms. The van der Waals surface area contributed by atoms with Gasteiger partial charge >= 0.3 is 0 Å². The van der Waals surface area contributed by atoms with Gasteiger partial charge in [0.25, 0.3) is 0 Å². The third-order valence-corrected chi connectivity index (χ3v) is 2.33. The third-order valence-electron chi connectivity index (χ3n) is 2.33. The van der Waals surface area contributed by atoms with Crippen molar-refractivity contribution in [3.63, 3.8) is 0 Å². The normalized spacial score (nSPS) is 10.4. The van der Waals surface area contributed by atoms with Crippen LogP contribution in [-0.2, 0) is 0 Å². The highest BCUT2D eigenvalue weighted by molar-refractivity contribution is 6.00. The first-order valence-electron chi connectivity index (χ1n) is 4.82. The zero-order valence-corrected chi connectivity index (χ0v) is 8.95. The van der Waals surface area contributed by atoms with E-state index in [1.54, 1.807) is 19.1 Å². The topological polar surface area (TPSA) is 43.1 Å². The van der Waals surface area contributed by atoms with Gasteiger partial charge in [-0.3, -0.25) is 4.79 Å². The van der Waals surface area contributed by atoms with Gasteiger partial charge in [0.05, 0.1) is 5.56 Å². The van der Waals surface area contributed by atoms with Crippen molar-refractivity contribution < 1.29 is 13.7 Å². The number of hydrogen-bond donors (Lipinski definition) is 0. The molecular weight excluding hydrogens is 209 g/mol. The second-order valence-electron chi connectivity index (χ2n) is 3.53. The van der Waals surface area contributed by atoms with Crippen molar-refractivity contribution in [3.8, 4) is 11.3 Å². The van der Waals surface area contributed by atoms with Gasteiger partial charge in [0.2, 0.25) is 0 Å². The maximum Gasteiger partial charge on any atom is 0.165 e. The molecule has 0 N–H and O–H groups in total. The van der Waals surface area contributed by atoms with Crippen LogP contribution >= 0.6 is 0 Å². The first kappa shape index (κ1) is 10.5. The van der Waals surface area contributed by atoms with Gasteiger partial charge in [0.15, 0.2) is 5.78 Å². The molecule has 82 valence electrons. The number of nitrogens with zero attached hydrogens (tertiary/aromatic N) is 1. The molecule has 0 radical (unpaired) electrons. The van der Waals surface area contributed by atoms with Crippen molar-refractivity contribution >= 4 is 5.78 Å². The zero-order valence-electron chi connectivity index (χ0n) is 8.95. The fourth-order valence-corrected chi connectivity index (χ4v) is 1.59. The Hall–Kier alpha value is -1.97. The second-order valence-corrected chi connectivity index (χ2v) is 3.53. The molecule has 0 atom stereocenters. The highest BCUT2D eigenvalue weighted by atomic mass is 19.1. The number of rotatable bonds is 2. The number of aromatic nitrogens is 1.